The van der Waals surface area contributed by atoms with Crippen molar-refractivity contribution in [2.24, 2.45) is 0 Å². The first-order valence-electron chi connectivity index (χ1n) is 7.33. The SMILES string of the molecule is O=C(O)CC(O)CCc1cccc(-c2ccccc2)c1S(=O)(=O)O. The zero-order valence-corrected chi connectivity index (χ0v) is 13.6. The molecule has 0 amide bonds. The van der Waals surface area contributed by atoms with Crippen LogP contribution in [0, 0.1) is 0 Å². The van der Waals surface area contributed by atoms with Crippen LogP contribution in [0.25, 0.3) is 11.1 Å². The van der Waals surface area contributed by atoms with E-state index in [1.807, 2.05) is 0 Å². The fourth-order valence-corrected chi connectivity index (χ4v) is 3.52. The van der Waals surface area contributed by atoms with Crippen LogP contribution in [0.4, 0.5) is 0 Å². The molecule has 0 aromatic heterocycles. The number of carboxylic acids is 1. The Labute approximate surface area is 140 Å². The van der Waals surface area contributed by atoms with E-state index in [0.29, 0.717) is 16.7 Å². The van der Waals surface area contributed by atoms with Crippen molar-refractivity contribution in [1.82, 2.24) is 0 Å². The topological polar surface area (TPSA) is 112 Å². The van der Waals surface area contributed by atoms with Crippen molar-refractivity contribution >= 4 is 16.1 Å². The minimum absolute atomic E-state index is 0.0765. The molecule has 0 aliphatic heterocycles. The predicted molar refractivity (Wildman–Crippen MR) is 88.3 cm³/mol. The molecule has 0 saturated heterocycles. The minimum atomic E-state index is -4.48. The van der Waals surface area contributed by atoms with Gasteiger partial charge in [0.25, 0.3) is 10.1 Å². The molecule has 0 radical (unpaired) electrons. The van der Waals surface area contributed by atoms with Crippen LogP contribution in [-0.2, 0) is 21.3 Å². The summed E-state index contributed by atoms with van der Waals surface area (Å²) >= 11 is 0. The molecule has 0 aliphatic carbocycles. The number of carbonyl (C=O) groups is 1. The molecule has 0 fully saturated rings. The van der Waals surface area contributed by atoms with Crippen molar-refractivity contribution < 1.29 is 28.0 Å². The molecular formula is C17H18O6S. The van der Waals surface area contributed by atoms with Gasteiger partial charge in [0.2, 0.25) is 0 Å². The normalized spacial score (nSPS) is 12.8. The van der Waals surface area contributed by atoms with Crippen molar-refractivity contribution in [2.45, 2.75) is 30.3 Å². The Hall–Kier alpha value is -2.22. The molecule has 7 heteroatoms. The van der Waals surface area contributed by atoms with E-state index in [4.69, 9.17) is 5.11 Å². The average molecular weight is 350 g/mol. The average Bonchev–Trinajstić information content (AvgIpc) is 2.52. The highest BCUT2D eigenvalue weighted by Gasteiger charge is 2.22. The Morgan fingerprint density at radius 3 is 2.29 bits per heavy atom. The van der Waals surface area contributed by atoms with Crippen molar-refractivity contribution in [3.63, 3.8) is 0 Å². The van der Waals surface area contributed by atoms with Gasteiger partial charge in [-0.2, -0.15) is 8.42 Å². The molecule has 1 unspecified atom stereocenters. The summed E-state index contributed by atoms with van der Waals surface area (Å²) in [6, 6.07) is 13.6. The van der Waals surface area contributed by atoms with Gasteiger partial charge in [-0.25, -0.2) is 0 Å². The highest BCUT2D eigenvalue weighted by molar-refractivity contribution is 7.86. The molecule has 2 aromatic rings. The molecule has 24 heavy (non-hydrogen) atoms. The van der Waals surface area contributed by atoms with Gasteiger partial charge in [-0.1, -0.05) is 48.5 Å². The number of carboxylic acid groups (broad SMARTS) is 1. The lowest BCUT2D eigenvalue weighted by molar-refractivity contribution is -0.139. The Morgan fingerprint density at radius 1 is 1.04 bits per heavy atom. The van der Waals surface area contributed by atoms with Crippen LogP contribution in [-0.4, -0.2) is 35.3 Å². The van der Waals surface area contributed by atoms with E-state index in [1.165, 1.54) is 0 Å². The van der Waals surface area contributed by atoms with Crippen LogP contribution in [0.5, 0.6) is 0 Å². The van der Waals surface area contributed by atoms with Crippen molar-refractivity contribution in [3.8, 4) is 11.1 Å². The van der Waals surface area contributed by atoms with Crippen LogP contribution in [0.1, 0.15) is 18.4 Å². The summed E-state index contributed by atoms with van der Waals surface area (Å²) in [4.78, 5) is 10.4. The second kappa shape index (κ2) is 7.57. The number of benzene rings is 2. The second-order valence-electron chi connectivity index (χ2n) is 5.43. The van der Waals surface area contributed by atoms with Gasteiger partial charge in [0.1, 0.15) is 4.90 Å². The third-order valence-corrected chi connectivity index (χ3v) is 4.59. The van der Waals surface area contributed by atoms with Gasteiger partial charge < -0.3 is 10.2 Å². The molecule has 0 heterocycles. The molecule has 6 nitrogen and oxygen atoms in total. The van der Waals surface area contributed by atoms with Gasteiger partial charge in [0, 0.05) is 5.56 Å². The van der Waals surface area contributed by atoms with Gasteiger partial charge in [-0.3, -0.25) is 9.35 Å². The lowest BCUT2D eigenvalue weighted by atomic mass is 9.99. The lowest BCUT2D eigenvalue weighted by Crippen LogP contribution is -2.15. The summed E-state index contributed by atoms with van der Waals surface area (Å²) in [6.07, 6.45) is -1.30. The van der Waals surface area contributed by atoms with Gasteiger partial charge in [0.05, 0.1) is 12.5 Å². The van der Waals surface area contributed by atoms with Crippen LogP contribution in [0.2, 0.25) is 0 Å². The van der Waals surface area contributed by atoms with Crippen molar-refractivity contribution in [3.05, 3.63) is 54.1 Å². The van der Waals surface area contributed by atoms with Gasteiger partial charge in [-0.05, 0) is 24.0 Å². The van der Waals surface area contributed by atoms with Gasteiger partial charge in [-0.15, -0.1) is 0 Å². The Kier molecular flexibility index (Phi) is 5.71. The minimum Gasteiger partial charge on any atom is -0.481 e. The number of rotatable bonds is 7. The van der Waals surface area contributed by atoms with Gasteiger partial charge in [0.15, 0.2) is 0 Å². The zero-order valence-electron chi connectivity index (χ0n) is 12.8. The fourth-order valence-electron chi connectivity index (χ4n) is 2.56. The first-order valence-corrected chi connectivity index (χ1v) is 8.77. The van der Waals surface area contributed by atoms with E-state index in [0.717, 1.165) is 0 Å². The van der Waals surface area contributed by atoms with Crippen molar-refractivity contribution in [1.29, 1.82) is 0 Å². The summed E-state index contributed by atoms with van der Waals surface area (Å²) < 4.78 is 33.4. The highest BCUT2D eigenvalue weighted by atomic mass is 32.2. The summed E-state index contributed by atoms with van der Waals surface area (Å²) in [5.74, 6) is -1.13. The summed E-state index contributed by atoms with van der Waals surface area (Å²) in [6.45, 7) is 0. The second-order valence-corrected chi connectivity index (χ2v) is 6.78. The molecule has 1 atom stereocenters. The molecule has 0 aliphatic rings. The summed E-state index contributed by atoms with van der Waals surface area (Å²) in [7, 11) is -4.48. The molecule has 128 valence electrons. The number of hydrogen-bond donors (Lipinski definition) is 3. The van der Waals surface area contributed by atoms with E-state index >= 15 is 0 Å². The number of aliphatic hydroxyl groups excluding tert-OH is 1. The number of aliphatic hydroxyl groups is 1. The molecule has 2 rings (SSSR count). The third kappa shape index (κ3) is 4.64. The van der Waals surface area contributed by atoms with E-state index in [1.54, 1.807) is 48.5 Å². The summed E-state index contributed by atoms with van der Waals surface area (Å²) in [5.41, 5.74) is 1.34. The maximum Gasteiger partial charge on any atom is 0.305 e. The Balaban J connectivity index is 2.40. The largest absolute Gasteiger partial charge is 0.481 e. The van der Waals surface area contributed by atoms with E-state index in [9.17, 15) is 22.9 Å². The first kappa shape index (κ1) is 18.1. The maximum absolute atomic E-state index is 11.9. The monoisotopic (exact) mass is 350 g/mol. The molecular weight excluding hydrogens is 332 g/mol. The number of hydrogen-bond acceptors (Lipinski definition) is 4. The summed E-state index contributed by atoms with van der Waals surface area (Å²) in [5, 5.41) is 18.3. The molecule has 0 bridgehead atoms. The third-order valence-electron chi connectivity index (χ3n) is 3.60. The first-order chi connectivity index (χ1) is 11.3. The molecule has 0 spiro atoms. The molecule has 3 N–H and O–H groups in total. The highest BCUT2D eigenvalue weighted by Crippen LogP contribution is 2.31. The van der Waals surface area contributed by atoms with Crippen LogP contribution in [0.3, 0.4) is 0 Å². The number of aryl methyl sites for hydroxylation is 1. The molecule has 0 saturated carbocycles. The number of aliphatic carboxylic acids is 1. The van der Waals surface area contributed by atoms with E-state index in [2.05, 4.69) is 0 Å². The van der Waals surface area contributed by atoms with Crippen LogP contribution in [0.15, 0.2) is 53.4 Å². The smallest absolute Gasteiger partial charge is 0.305 e. The zero-order chi connectivity index (χ0) is 17.7. The Bertz CT molecular complexity index is 814. The fraction of sp³-hybridized carbons (Fsp3) is 0.235. The van der Waals surface area contributed by atoms with E-state index < -0.39 is 28.6 Å². The predicted octanol–water partition coefficient (Wildman–Crippen LogP) is 2.37. The van der Waals surface area contributed by atoms with E-state index in [-0.39, 0.29) is 17.7 Å². The van der Waals surface area contributed by atoms with Crippen molar-refractivity contribution in [2.75, 3.05) is 0 Å². The molecule has 2 aromatic carbocycles. The maximum atomic E-state index is 11.9. The van der Waals surface area contributed by atoms with Gasteiger partial charge >= 0.3 is 5.97 Å². The van der Waals surface area contributed by atoms with Crippen LogP contribution < -0.4 is 0 Å². The quantitative estimate of drug-likeness (QED) is 0.661. The lowest BCUT2D eigenvalue weighted by Gasteiger charge is -2.14. The van der Waals surface area contributed by atoms with Crippen LogP contribution >= 0.6 is 0 Å². The standard InChI is InChI=1S/C17H18O6S/c18-14(11-16(19)20)10-9-13-7-4-8-15(17(13)24(21,22)23)12-5-2-1-3-6-12/h1-8,14,18H,9-11H2,(H,19,20)(H,21,22,23). The Morgan fingerprint density at radius 2 is 1.71 bits per heavy atom.